The van der Waals surface area contributed by atoms with Gasteiger partial charge in [-0.2, -0.15) is 0 Å². The van der Waals surface area contributed by atoms with Crippen LogP contribution in [-0.4, -0.2) is 25.6 Å². The quantitative estimate of drug-likeness (QED) is 0.803. The Kier molecular flexibility index (Phi) is 5.82. The fraction of sp³-hybridized carbons (Fsp3) is 0.500. The Balaban J connectivity index is 2.74. The van der Waals surface area contributed by atoms with Crippen LogP contribution in [0.4, 0.5) is 0 Å². The molecular formula is C14H22N2O2. The van der Waals surface area contributed by atoms with Crippen LogP contribution in [-0.2, 0) is 9.53 Å². The van der Waals surface area contributed by atoms with Crippen molar-refractivity contribution in [1.82, 2.24) is 5.32 Å². The number of nitrogens with one attached hydrogen (secondary N) is 1. The minimum absolute atomic E-state index is 0.0288. The van der Waals surface area contributed by atoms with Gasteiger partial charge in [0.05, 0.1) is 0 Å². The van der Waals surface area contributed by atoms with E-state index in [2.05, 4.69) is 5.32 Å². The Hall–Kier alpha value is -1.39. The molecule has 18 heavy (non-hydrogen) atoms. The molecule has 4 heteroatoms. The third-order valence-corrected chi connectivity index (χ3v) is 2.96. The maximum atomic E-state index is 12.2. The molecular weight excluding hydrogens is 228 g/mol. The van der Waals surface area contributed by atoms with E-state index in [1.54, 1.807) is 0 Å². The first-order chi connectivity index (χ1) is 8.60. The summed E-state index contributed by atoms with van der Waals surface area (Å²) in [4.78, 5) is 12.2. The average Bonchev–Trinajstić information content (AvgIpc) is 2.37. The number of ether oxygens (including phenoxy) is 1. The van der Waals surface area contributed by atoms with Crippen LogP contribution in [0.15, 0.2) is 30.3 Å². The van der Waals surface area contributed by atoms with Crippen LogP contribution in [0.3, 0.4) is 0 Å². The van der Waals surface area contributed by atoms with E-state index in [1.165, 1.54) is 7.11 Å². The summed E-state index contributed by atoms with van der Waals surface area (Å²) in [6.07, 6.45) is -0.584. The maximum Gasteiger partial charge on any atom is 0.254 e. The van der Waals surface area contributed by atoms with Crippen LogP contribution in [0.5, 0.6) is 0 Å². The topological polar surface area (TPSA) is 64.3 Å². The van der Waals surface area contributed by atoms with Crippen molar-refractivity contribution < 1.29 is 9.53 Å². The predicted octanol–water partition coefficient (Wildman–Crippen LogP) is 1.47. The molecule has 1 aromatic carbocycles. The summed E-state index contributed by atoms with van der Waals surface area (Å²) in [5.74, 6) is 0.153. The molecule has 100 valence electrons. The van der Waals surface area contributed by atoms with E-state index < -0.39 is 6.10 Å². The summed E-state index contributed by atoms with van der Waals surface area (Å²) in [5.41, 5.74) is 6.49. The summed E-state index contributed by atoms with van der Waals surface area (Å²) < 4.78 is 5.27. The number of amides is 1. The number of carbonyl (C=O) groups excluding carboxylic acids is 1. The van der Waals surface area contributed by atoms with Gasteiger partial charge in [0.25, 0.3) is 5.91 Å². The fourth-order valence-electron chi connectivity index (χ4n) is 1.78. The SMILES string of the molecule is COC(C(=O)NC(CN)C(C)C)c1ccccc1. The number of carbonyl (C=O) groups is 1. The largest absolute Gasteiger partial charge is 0.367 e. The number of methoxy groups -OCH3 is 1. The Labute approximate surface area is 109 Å². The number of hydrogen-bond donors (Lipinski definition) is 2. The van der Waals surface area contributed by atoms with Crippen LogP contribution in [0, 0.1) is 5.92 Å². The molecule has 0 aromatic heterocycles. The summed E-state index contributed by atoms with van der Waals surface area (Å²) in [5, 5.41) is 2.93. The van der Waals surface area contributed by atoms with Crippen molar-refractivity contribution in [2.45, 2.75) is 26.0 Å². The first kappa shape index (κ1) is 14.7. The molecule has 3 N–H and O–H groups in total. The zero-order valence-electron chi connectivity index (χ0n) is 11.2. The standard InChI is InChI=1S/C14H22N2O2/c1-10(2)12(9-15)16-14(17)13(18-3)11-7-5-4-6-8-11/h4-8,10,12-13H,9,15H2,1-3H3,(H,16,17). The smallest absolute Gasteiger partial charge is 0.254 e. The van der Waals surface area contributed by atoms with Gasteiger partial charge < -0.3 is 15.8 Å². The van der Waals surface area contributed by atoms with Gasteiger partial charge in [-0.3, -0.25) is 4.79 Å². The monoisotopic (exact) mass is 250 g/mol. The summed E-state index contributed by atoms with van der Waals surface area (Å²) in [6.45, 7) is 4.49. The zero-order chi connectivity index (χ0) is 13.5. The minimum atomic E-state index is -0.584. The van der Waals surface area contributed by atoms with Crippen molar-refractivity contribution in [2.75, 3.05) is 13.7 Å². The Morgan fingerprint density at radius 3 is 2.39 bits per heavy atom. The van der Waals surface area contributed by atoms with Crippen LogP contribution in [0.2, 0.25) is 0 Å². The van der Waals surface area contributed by atoms with Crippen molar-refractivity contribution in [3.05, 3.63) is 35.9 Å². The normalized spacial score (nSPS) is 14.3. The summed E-state index contributed by atoms with van der Waals surface area (Å²) >= 11 is 0. The molecule has 0 aliphatic rings. The van der Waals surface area contributed by atoms with E-state index in [4.69, 9.17) is 10.5 Å². The Morgan fingerprint density at radius 2 is 1.94 bits per heavy atom. The van der Waals surface area contributed by atoms with Gasteiger partial charge in [-0.15, -0.1) is 0 Å². The summed E-state index contributed by atoms with van der Waals surface area (Å²) in [6, 6.07) is 9.40. The second-order valence-electron chi connectivity index (χ2n) is 4.62. The molecule has 0 spiro atoms. The van der Waals surface area contributed by atoms with Gasteiger partial charge in [0.1, 0.15) is 0 Å². The highest BCUT2D eigenvalue weighted by atomic mass is 16.5. The van der Waals surface area contributed by atoms with E-state index >= 15 is 0 Å². The predicted molar refractivity (Wildman–Crippen MR) is 72.0 cm³/mol. The van der Waals surface area contributed by atoms with Gasteiger partial charge in [0.2, 0.25) is 0 Å². The van der Waals surface area contributed by atoms with Crippen LogP contribution >= 0.6 is 0 Å². The van der Waals surface area contributed by atoms with E-state index in [0.717, 1.165) is 5.56 Å². The van der Waals surface area contributed by atoms with Crippen molar-refractivity contribution in [1.29, 1.82) is 0 Å². The van der Waals surface area contributed by atoms with Gasteiger partial charge in [-0.25, -0.2) is 0 Å². The number of hydrogen-bond acceptors (Lipinski definition) is 3. The summed E-state index contributed by atoms with van der Waals surface area (Å²) in [7, 11) is 1.53. The van der Waals surface area contributed by atoms with Crippen molar-refractivity contribution in [2.24, 2.45) is 11.7 Å². The lowest BCUT2D eigenvalue weighted by Crippen LogP contribution is -2.45. The molecule has 0 saturated carbocycles. The highest BCUT2D eigenvalue weighted by Gasteiger charge is 2.23. The molecule has 4 nitrogen and oxygen atoms in total. The number of rotatable bonds is 6. The maximum absolute atomic E-state index is 12.2. The van der Waals surface area contributed by atoms with Gasteiger partial charge in [-0.1, -0.05) is 44.2 Å². The molecule has 0 heterocycles. The van der Waals surface area contributed by atoms with Crippen molar-refractivity contribution in [3.8, 4) is 0 Å². The highest BCUT2D eigenvalue weighted by Crippen LogP contribution is 2.16. The Bertz CT molecular complexity index is 365. The molecule has 1 aromatic rings. The lowest BCUT2D eigenvalue weighted by Gasteiger charge is -2.23. The molecule has 2 atom stereocenters. The van der Waals surface area contributed by atoms with Crippen LogP contribution in [0.25, 0.3) is 0 Å². The third kappa shape index (κ3) is 3.82. The lowest BCUT2D eigenvalue weighted by molar-refractivity contribution is -0.132. The fourth-order valence-corrected chi connectivity index (χ4v) is 1.78. The molecule has 2 unspecified atom stereocenters. The van der Waals surface area contributed by atoms with E-state index in [9.17, 15) is 4.79 Å². The van der Waals surface area contributed by atoms with Gasteiger partial charge in [0.15, 0.2) is 6.10 Å². The van der Waals surface area contributed by atoms with Crippen molar-refractivity contribution in [3.63, 3.8) is 0 Å². The van der Waals surface area contributed by atoms with Gasteiger partial charge >= 0.3 is 0 Å². The number of nitrogens with two attached hydrogens (primary N) is 1. The van der Waals surface area contributed by atoms with E-state index in [0.29, 0.717) is 12.5 Å². The zero-order valence-corrected chi connectivity index (χ0v) is 11.2. The molecule has 1 amide bonds. The van der Waals surface area contributed by atoms with Crippen molar-refractivity contribution >= 4 is 5.91 Å². The molecule has 0 radical (unpaired) electrons. The average molecular weight is 250 g/mol. The molecule has 0 fully saturated rings. The van der Waals surface area contributed by atoms with E-state index in [1.807, 2.05) is 44.2 Å². The lowest BCUT2D eigenvalue weighted by atomic mass is 10.0. The minimum Gasteiger partial charge on any atom is -0.367 e. The number of benzene rings is 1. The van der Waals surface area contributed by atoms with Gasteiger partial charge in [0, 0.05) is 19.7 Å². The molecule has 0 bridgehead atoms. The highest BCUT2D eigenvalue weighted by molar-refractivity contribution is 5.82. The molecule has 0 aliphatic heterocycles. The third-order valence-electron chi connectivity index (χ3n) is 2.96. The Morgan fingerprint density at radius 1 is 1.33 bits per heavy atom. The van der Waals surface area contributed by atoms with Crippen LogP contribution in [0.1, 0.15) is 25.5 Å². The van der Waals surface area contributed by atoms with E-state index in [-0.39, 0.29) is 11.9 Å². The first-order valence-corrected chi connectivity index (χ1v) is 6.18. The van der Waals surface area contributed by atoms with Crippen LogP contribution < -0.4 is 11.1 Å². The molecule has 0 aliphatic carbocycles. The molecule has 1 rings (SSSR count). The second-order valence-corrected chi connectivity index (χ2v) is 4.62. The first-order valence-electron chi connectivity index (χ1n) is 6.18. The molecule has 0 saturated heterocycles. The second kappa shape index (κ2) is 7.13. The van der Waals surface area contributed by atoms with Gasteiger partial charge in [-0.05, 0) is 11.5 Å².